The molecule has 2 aromatic carbocycles. The SMILES string of the molecule is Cc1ccc(-c2nn(Cc3ccccc3)cc2/C=C/C(=O)NC(C(N)=O)C(N)=O)cc1. The van der Waals surface area contributed by atoms with Crippen molar-refractivity contribution in [2.75, 3.05) is 0 Å². The highest BCUT2D eigenvalue weighted by Gasteiger charge is 2.22. The number of nitrogens with two attached hydrogens (primary N) is 2. The molecule has 0 bridgehead atoms. The summed E-state index contributed by atoms with van der Waals surface area (Å²) in [6.45, 7) is 2.56. The van der Waals surface area contributed by atoms with Crippen LogP contribution < -0.4 is 16.8 Å². The predicted octanol–water partition coefficient (Wildman–Crippen LogP) is 1.38. The summed E-state index contributed by atoms with van der Waals surface area (Å²) in [7, 11) is 0. The van der Waals surface area contributed by atoms with Gasteiger partial charge in [-0.3, -0.25) is 19.1 Å². The lowest BCUT2D eigenvalue weighted by Gasteiger charge is -2.09. The van der Waals surface area contributed by atoms with Gasteiger partial charge in [0.25, 0.3) is 0 Å². The molecular weight excluding hydrogens is 394 g/mol. The standard InChI is InChI=1S/C23H23N5O3/c1-15-7-9-17(10-8-15)20-18(11-12-19(29)26-21(22(24)30)23(25)31)14-28(27-20)13-16-5-3-2-4-6-16/h2-12,14,21H,13H2,1H3,(H2,24,30)(H2,25,31)(H,26,29)/b12-11+. The summed E-state index contributed by atoms with van der Waals surface area (Å²) in [6, 6.07) is 16.2. The zero-order valence-corrected chi connectivity index (χ0v) is 17.0. The Bertz CT molecular complexity index is 1100. The van der Waals surface area contributed by atoms with Crippen molar-refractivity contribution >= 4 is 23.8 Å². The maximum absolute atomic E-state index is 12.2. The Balaban J connectivity index is 1.89. The van der Waals surface area contributed by atoms with E-state index in [0.29, 0.717) is 17.8 Å². The topological polar surface area (TPSA) is 133 Å². The van der Waals surface area contributed by atoms with Gasteiger partial charge in [0.2, 0.25) is 17.7 Å². The highest BCUT2D eigenvalue weighted by molar-refractivity contribution is 6.07. The lowest BCUT2D eigenvalue weighted by atomic mass is 10.1. The number of carbonyl (C=O) groups is 3. The molecule has 1 aromatic heterocycles. The molecule has 158 valence electrons. The van der Waals surface area contributed by atoms with Crippen LogP contribution in [0.3, 0.4) is 0 Å². The number of rotatable bonds is 8. The first-order valence-corrected chi connectivity index (χ1v) is 9.59. The molecule has 31 heavy (non-hydrogen) atoms. The van der Waals surface area contributed by atoms with Gasteiger partial charge < -0.3 is 16.8 Å². The Labute approximate surface area is 179 Å². The number of hydrogen-bond donors (Lipinski definition) is 3. The second-order valence-electron chi connectivity index (χ2n) is 7.06. The number of carbonyl (C=O) groups excluding carboxylic acids is 3. The van der Waals surface area contributed by atoms with Crippen molar-refractivity contribution in [3.05, 3.63) is 83.6 Å². The third kappa shape index (κ3) is 5.66. The third-order valence-electron chi connectivity index (χ3n) is 4.57. The quantitative estimate of drug-likeness (QED) is 0.377. The van der Waals surface area contributed by atoms with Crippen LogP contribution in [0.2, 0.25) is 0 Å². The highest BCUT2D eigenvalue weighted by Crippen LogP contribution is 2.24. The van der Waals surface area contributed by atoms with Crippen LogP contribution in [0.5, 0.6) is 0 Å². The molecule has 0 aliphatic carbocycles. The smallest absolute Gasteiger partial charge is 0.249 e. The minimum absolute atomic E-state index is 0.561. The predicted molar refractivity (Wildman–Crippen MR) is 117 cm³/mol. The van der Waals surface area contributed by atoms with E-state index in [-0.39, 0.29) is 0 Å². The summed E-state index contributed by atoms with van der Waals surface area (Å²) in [5, 5.41) is 6.88. The van der Waals surface area contributed by atoms with Gasteiger partial charge in [-0.1, -0.05) is 60.2 Å². The van der Waals surface area contributed by atoms with Crippen molar-refractivity contribution in [1.29, 1.82) is 0 Å². The van der Waals surface area contributed by atoms with Crippen LogP contribution in [0.25, 0.3) is 17.3 Å². The van der Waals surface area contributed by atoms with Gasteiger partial charge in [0.05, 0.1) is 12.2 Å². The number of nitrogens with zero attached hydrogens (tertiary/aromatic N) is 2. The Morgan fingerprint density at radius 2 is 1.68 bits per heavy atom. The Morgan fingerprint density at radius 3 is 2.29 bits per heavy atom. The number of hydrogen-bond acceptors (Lipinski definition) is 4. The van der Waals surface area contributed by atoms with Crippen molar-refractivity contribution < 1.29 is 14.4 Å². The van der Waals surface area contributed by atoms with E-state index in [1.54, 1.807) is 10.8 Å². The van der Waals surface area contributed by atoms with E-state index < -0.39 is 23.8 Å². The number of primary amides is 2. The molecule has 8 nitrogen and oxygen atoms in total. The summed E-state index contributed by atoms with van der Waals surface area (Å²) < 4.78 is 1.79. The van der Waals surface area contributed by atoms with Gasteiger partial charge in [-0.2, -0.15) is 5.10 Å². The first-order chi connectivity index (χ1) is 14.8. The Kier molecular flexibility index (Phi) is 6.61. The molecule has 8 heteroatoms. The van der Waals surface area contributed by atoms with Crippen LogP contribution in [-0.4, -0.2) is 33.5 Å². The molecule has 0 spiro atoms. The second kappa shape index (κ2) is 9.53. The summed E-state index contributed by atoms with van der Waals surface area (Å²) in [5.74, 6) is -2.72. The van der Waals surface area contributed by atoms with Gasteiger partial charge in [-0.15, -0.1) is 0 Å². The first-order valence-electron chi connectivity index (χ1n) is 9.59. The van der Waals surface area contributed by atoms with Crippen LogP contribution in [0.4, 0.5) is 0 Å². The van der Waals surface area contributed by atoms with Crippen molar-refractivity contribution in [2.24, 2.45) is 11.5 Å². The van der Waals surface area contributed by atoms with Crippen molar-refractivity contribution in [3.8, 4) is 11.3 Å². The normalized spacial score (nSPS) is 11.0. The van der Waals surface area contributed by atoms with E-state index in [4.69, 9.17) is 11.5 Å². The monoisotopic (exact) mass is 417 g/mol. The number of aryl methyl sites for hydroxylation is 1. The van der Waals surface area contributed by atoms with Gasteiger partial charge in [0, 0.05) is 23.4 Å². The van der Waals surface area contributed by atoms with Crippen molar-refractivity contribution in [1.82, 2.24) is 15.1 Å². The molecule has 3 amide bonds. The fourth-order valence-electron chi connectivity index (χ4n) is 2.98. The second-order valence-corrected chi connectivity index (χ2v) is 7.06. The molecule has 3 rings (SSSR count). The summed E-state index contributed by atoms with van der Waals surface area (Å²) in [4.78, 5) is 34.7. The molecular formula is C23H23N5O3. The molecule has 0 fully saturated rings. The number of aromatic nitrogens is 2. The summed E-state index contributed by atoms with van der Waals surface area (Å²) >= 11 is 0. The maximum Gasteiger partial charge on any atom is 0.249 e. The summed E-state index contributed by atoms with van der Waals surface area (Å²) in [5.41, 5.74) is 14.7. The number of amides is 3. The molecule has 3 aromatic rings. The van der Waals surface area contributed by atoms with E-state index in [1.807, 2.05) is 67.7 Å². The van der Waals surface area contributed by atoms with Gasteiger partial charge in [0.15, 0.2) is 6.04 Å². The lowest BCUT2D eigenvalue weighted by molar-refractivity contribution is -0.132. The lowest BCUT2D eigenvalue weighted by Crippen LogP contribution is -2.52. The maximum atomic E-state index is 12.2. The number of benzene rings is 2. The average molecular weight is 417 g/mol. The van der Waals surface area contributed by atoms with Crippen LogP contribution >= 0.6 is 0 Å². The Hall–Kier alpha value is -4.20. The first kappa shape index (κ1) is 21.5. The third-order valence-corrected chi connectivity index (χ3v) is 4.57. The minimum atomic E-state index is -1.57. The molecule has 0 aliphatic rings. The van der Waals surface area contributed by atoms with Crippen molar-refractivity contribution in [3.63, 3.8) is 0 Å². The highest BCUT2D eigenvalue weighted by atomic mass is 16.2. The van der Waals surface area contributed by atoms with Gasteiger partial charge in [0.1, 0.15) is 0 Å². The van der Waals surface area contributed by atoms with Crippen molar-refractivity contribution in [2.45, 2.75) is 19.5 Å². The molecule has 0 saturated heterocycles. The zero-order chi connectivity index (χ0) is 22.4. The average Bonchev–Trinajstić information content (AvgIpc) is 3.14. The van der Waals surface area contributed by atoms with Gasteiger partial charge in [-0.05, 0) is 18.6 Å². The van der Waals surface area contributed by atoms with E-state index in [1.165, 1.54) is 6.08 Å². The van der Waals surface area contributed by atoms with Crippen LogP contribution in [0.15, 0.2) is 66.9 Å². The van der Waals surface area contributed by atoms with Crippen LogP contribution in [-0.2, 0) is 20.9 Å². The summed E-state index contributed by atoms with van der Waals surface area (Å²) in [6.07, 6.45) is 4.60. The largest absolute Gasteiger partial charge is 0.367 e. The molecule has 0 atom stereocenters. The molecule has 0 unspecified atom stereocenters. The fraction of sp³-hybridized carbons (Fsp3) is 0.130. The van der Waals surface area contributed by atoms with E-state index in [9.17, 15) is 14.4 Å². The molecule has 1 heterocycles. The van der Waals surface area contributed by atoms with Crippen LogP contribution in [0.1, 0.15) is 16.7 Å². The van der Waals surface area contributed by atoms with Gasteiger partial charge in [-0.25, -0.2) is 0 Å². The molecule has 0 radical (unpaired) electrons. The van der Waals surface area contributed by atoms with Gasteiger partial charge >= 0.3 is 0 Å². The minimum Gasteiger partial charge on any atom is -0.367 e. The molecule has 0 saturated carbocycles. The van der Waals surface area contributed by atoms with E-state index in [2.05, 4.69) is 10.4 Å². The van der Waals surface area contributed by atoms with E-state index >= 15 is 0 Å². The molecule has 5 N–H and O–H groups in total. The number of nitrogens with one attached hydrogen (secondary N) is 1. The van der Waals surface area contributed by atoms with Crippen LogP contribution in [0, 0.1) is 6.92 Å². The zero-order valence-electron chi connectivity index (χ0n) is 17.0. The fourth-order valence-corrected chi connectivity index (χ4v) is 2.98. The van der Waals surface area contributed by atoms with E-state index in [0.717, 1.165) is 16.7 Å². The molecule has 0 aliphatic heterocycles. The Morgan fingerprint density at radius 1 is 1.03 bits per heavy atom.